The minimum atomic E-state index is -0.758. The fourth-order valence-corrected chi connectivity index (χ4v) is 3.35. The second-order valence-electron chi connectivity index (χ2n) is 6.54. The van der Waals surface area contributed by atoms with E-state index in [1.54, 1.807) is 12.1 Å². The van der Waals surface area contributed by atoms with E-state index in [1.807, 2.05) is 12.1 Å². The number of ether oxygens (including phenoxy) is 2. The molecule has 4 rings (SSSR count). The number of carbonyl (C=O) groups excluding carboxylic acids is 2. The molecule has 23 heavy (non-hydrogen) atoms. The number of hydrazine groups is 1. The topological polar surface area (TPSA) is 76.7 Å². The van der Waals surface area contributed by atoms with Gasteiger partial charge in [-0.15, -0.1) is 0 Å². The summed E-state index contributed by atoms with van der Waals surface area (Å²) in [5.41, 5.74) is 4.98. The largest absolute Gasteiger partial charge is 0.485 e. The molecular formula is C17H20N2O4. The van der Waals surface area contributed by atoms with Crippen LogP contribution in [0.2, 0.25) is 0 Å². The Morgan fingerprint density at radius 3 is 2.52 bits per heavy atom. The van der Waals surface area contributed by atoms with E-state index in [0.717, 1.165) is 6.42 Å². The van der Waals surface area contributed by atoms with Gasteiger partial charge in [0, 0.05) is 5.92 Å². The van der Waals surface area contributed by atoms with Crippen molar-refractivity contribution in [1.29, 1.82) is 0 Å². The number of carbonyl (C=O) groups is 2. The number of amides is 2. The molecule has 1 aromatic rings. The molecule has 2 amide bonds. The number of hydrogen-bond donors (Lipinski definition) is 2. The molecule has 0 spiro atoms. The van der Waals surface area contributed by atoms with Crippen molar-refractivity contribution in [3.8, 4) is 11.5 Å². The van der Waals surface area contributed by atoms with Crippen LogP contribution in [0.1, 0.15) is 25.7 Å². The highest BCUT2D eigenvalue weighted by Gasteiger charge is 2.49. The Bertz CT molecular complexity index is 629. The van der Waals surface area contributed by atoms with Crippen molar-refractivity contribution in [2.75, 3.05) is 6.61 Å². The summed E-state index contributed by atoms with van der Waals surface area (Å²) in [6.45, 7) is 0.132. The van der Waals surface area contributed by atoms with Gasteiger partial charge in [0.05, 0.1) is 0 Å². The third-order valence-corrected chi connectivity index (χ3v) is 5.04. The van der Waals surface area contributed by atoms with Gasteiger partial charge >= 0.3 is 0 Å². The normalized spacial score (nSPS) is 28.4. The lowest BCUT2D eigenvalue weighted by Gasteiger charge is -2.26. The van der Waals surface area contributed by atoms with E-state index in [2.05, 4.69) is 10.9 Å². The Labute approximate surface area is 134 Å². The highest BCUT2D eigenvalue weighted by molar-refractivity contribution is 5.87. The molecule has 2 saturated carbocycles. The molecule has 0 unspecified atom stereocenters. The maximum atomic E-state index is 12.1. The van der Waals surface area contributed by atoms with Gasteiger partial charge < -0.3 is 9.47 Å². The van der Waals surface area contributed by atoms with Crippen molar-refractivity contribution in [3.05, 3.63) is 24.3 Å². The first-order valence-corrected chi connectivity index (χ1v) is 8.20. The standard InChI is InChI=1S/C17H20N2O4/c20-16(12-8-11(12)10-4-3-5-10)18-19-17(21)15-9-22-13-6-1-2-7-14(13)23-15/h1-2,6-7,10-12,15H,3-5,8-9H2,(H,18,20)(H,19,21)/t11-,12+,15-/m0/s1. The maximum absolute atomic E-state index is 12.1. The van der Waals surface area contributed by atoms with Crippen molar-refractivity contribution in [2.24, 2.45) is 17.8 Å². The second kappa shape index (κ2) is 5.76. The second-order valence-corrected chi connectivity index (χ2v) is 6.54. The van der Waals surface area contributed by atoms with Crippen LogP contribution < -0.4 is 20.3 Å². The minimum absolute atomic E-state index is 0.0600. The molecule has 0 saturated heterocycles. The molecular weight excluding hydrogens is 296 g/mol. The van der Waals surface area contributed by atoms with E-state index in [0.29, 0.717) is 23.3 Å². The summed E-state index contributed by atoms with van der Waals surface area (Å²) in [5.74, 6) is 1.97. The SMILES string of the molecule is O=C(NNC(=O)[C@@H]1C[C@H]1C1CCC1)[C@@H]1COc2ccccc2O1. The van der Waals surface area contributed by atoms with Crippen molar-refractivity contribution >= 4 is 11.8 Å². The predicted molar refractivity (Wildman–Crippen MR) is 81.6 cm³/mol. The smallest absolute Gasteiger partial charge is 0.283 e. The zero-order chi connectivity index (χ0) is 15.8. The van der Waals surface area contributed by atoms with Crippen molar-refractivity contribution in [2.45, 2.75) is 31.8 Å². The Balaban J connectivity index is 1.25. The van der Waals surface area contributed by atoms with Gasteiger partial charge in [-0.1, -0.05) is 31.4 Å². The number of nitrogens with one attached hydrogen (secondary N) is 2. The van der Waals surface area contributed by atoms with Gasteiger partial charge in [-0.05, 0) is 30.4 Å². The van der Waals surface area contributed by atoms with Crippen molar-refractivity contribution in [1.82, 2.24) is 10.9 Å². The Morgan fingerprint density at radius 1 is 1.04 bits per heavy atom. The van der Waals surface area contributed by atoms with Crippen molar-refractivity contribution in [3.63, 3.8) is 0 Å². The first kappa shape index (κ1) is 14.4. The molecule has 0 bridgehead atoms. The van der Waals surface area contributed by atoms with Gasteiger partial charge in [0.15, 0.2) is 11.5 Å². The first-order chi connectivity index (χ1) is 11.2. The van der Waals surface area contributed by atoms with Crippen LogP contribution in [-0.4, -0.2) is 24.5 Å². The summed E-state index contributed by atoms with van der Waals surface area (Å²) < 4.78 is 11.1. The molecule has 2 N–H and O–H groups in total. The Hall–Kier alpha value is -2.24. The van der Waals surface area contributed by atoms with E-state index >= 15 is 0 Å². The average Bonchev–Trinajstić information content (AvgIpc) is 3.30. The number of hydrogen-bond acceptors (Lipinski definition) is 4. The third kappa shape index (κ3) is 2.85. The van der Waals surface area contributed by atoms with Gasteiger partial charge in [0.25, 0.3) is 5.91 Å². The third-order valence-electron chi connectivity index (χ3n) is 5.04. The van der Waals surface area contributed by atoms with Crippen molar-refractivity contribution < 1.29 is 19.1 Å². The number of fused-ring (bicyclic) bond motifs is 1. The van der Waals surface area contributed by atoms with E-state index < -0.39 is 12.0 Å². The highest BCUT2D eigenvalue weighted by atomic mass is 16.6. The first-order valence-electron chi connectivity index (χ1n) is 8.20. The molecule has 1 aliphatic heterocycles. The summed E-state index contributed by atoms with van der Waals surface area (Å²) in [4.78, 5) is 24.2. The number of para-hydroxylation sites is 2. The predicted octanol–water partition coefficient (Wildman–Crippen LogP) is 1.41. The van der Waals surface area contributed by atoms with Gasteiger partial charge in [-0.3, -0.25) is 20.4 Å². The lowest BCUT2D eigenvalue weighted by atomic mass is 9.81. The molecule has 3 atom stereocenters. The molecule has 6 heteroatoms. The molecule has 1 aromatic carbocycles. The van der Waals surface area contributed by atoms with Gasteiger partial charge in [-0.25, -0.2) is 0 Å². The molecule has 0 aromatic heterocycles. The van der Waals surface area contributed by atoms with Crippen LogP contribution in [0, 0.1) is 17.8 Å². The summed E-state index contributed by atoms with van der Waals surface area (Å²) in [5, 5.41) is 0. The molecule has 3 aliphatic rings. The van der Waals surface area contributed by atoms with E-state index in [-0.39, 0.29) is 18.4 Å². The Kier molecular flexibility index (Phi) is 3.59. The zero-order valence-corrected chi connectivity index (χ0v) is 12.8. The lowest BCUT2D eigenvalue weighted by Crippen LogP contribution is -2.51. The van der Waals surface area contributed by atoms with Crippen LogP contribution in [0.5, 0.6) is 11.5 Å². The van der Waals surface area contributed by atoms with E-state index in [9.17, 15) is 9.59 Å². The number of benzene rings is 1. The van der Waals surface area contributed by atoms with Crippen LogP contribution in [0.3, 0.4) is 0 Å². The molecule has 2 fully saturated rings. The van der Waals surface area contributed by atoms with Crippen LogP contribution in [-0.2, 0) is 9.59 Å². The molecule has 0 radical (unpaired) electrons. The molecule has 2 aliphatic carbocycles. The molecule has 6 nitrogen and oxygen atoms in total. The zero-order valence-electron chi connectivity index (χ0n) is 12.8. The van der Waals surface area contributed by atoms with Crippen LogP contribution >= 0.6 is 0 Å². The fraction of sp³-hybridized carbons (Fsp3) is 0.529. The quantitative estimate of drug-likeness (QED) is 0.827. The van der Waals surface area contributed by atoms with Gasteiger partial charge in [0.2, 0.25) is 12.0 Å². The summed E-state index contributed by atoms with van der Waals surface area (Å²) in [6.07, 6.45) is 3.96. The minimum Gasteiger partial charge on any atom is -0.485 e. The molecule has 1 heterocycles. The highest BCUT2D eigenvalue weighted by Crippen LogP contribution is 2.51. The lowest BCUT2D eigenvalue weighted by molar-refractivity contribution is -0.135. The van der Waals surface area contributed by atoms with E-state index in [1.165, 1.54) is 19.3 Å². The molecule has 122 valence electrons. The van der Waals surface area contributed by atoms with Gasteiger partial charge in [-0.2, -0.15) is 0 Å². The summed E-state index contributed by atoms with van der Waals surface area (Å²) in [7, 11) is 0. The fourth-order valence-electron chi connectivity index (χ4n) is 3.35. The van der Waals surface area contributed by atoms with Crippen LogP contribution in [0.15, 0.2) is 24.3 Å². The number of rotatable bonds is 3. The summed E-state index contributed by atoms with van der Waals surface area (Å²) >= 11 is 0. The van der Waals surface area contributed by atoms with Gasteiger partial charge in [0.1, 0.15) is 6.61 Å². The monoisotopic (exact) mass is 316 g/mol. The summed E-state index contributed by atoms with van der Waals surface area (Å²) in [6, 6.07) is 7.20. The van der Waals surface area contributed by atoms with E-state index in [4.69, 9.17) is 9.47 Å². The average molecular weight is 316 g/mol. The Morgan fingerprint density at radius 2 is 1.78 bits per heavy atom. The maximum Gasteiger partial charge on any atom is 0.283 e. The van der Waals surface area contributed by atoms with Crippen LogP contribution in [0.4, 0.5) is 0 Å². The van der Waals surface area contributed by atoms with Crippen LogP contribution in [0.25, 0.3) is 0 Å².